The van der Waals surface area contributed by atoms with Gasteiger partial charge in [0.1, 0.15) is 5.75 Å². The number of ether oxygens (including phenoxy) is 1. The molecule has 0 saturated heterocycles. The first-order valence-corrected chi connectivity index (χ1v) is 9.03. The molecule has 3 N–H and O–H groups in total. The predicted octanol–water partition coefficient (Wildman–Crippen LogP) is 2.79. The number of rotatable bonds is 7. The summed E-state index contributed by atoms with van der Waals surface area (Å²) >= 11 is 0. The lowest BCUT2D eigenvalue weighted by Crippen LogP contribution is -2.37. The van der Waals surface area contributed by atoms with E-state index >= 15 is 0 Å². The van der Waals surface area contributed by atoms with Crippen LogP contribution in [-0.2, 0) is 0 Å². The zero-order valence-electron chi connectivity index (χ0n) is 17.0. The molecule has 7 heteroatoms. The lowest BCUT2D eigenvalue weighted by Gasteiger charge is -2.25. The monoisotopic (exact) mass is 384 g/mol. The maximum absolute atomic E-state index is 12.4. The largest absolute Gasteiger partial charge is 0.495 e. The molecule has 150 valence electrons. The van der Waals surface area contributed by atoms with Crippen LogP contribution < -0.4 is 20.7 Å². The van der Waals surface area contributed by atoms with E-state index in [9.17, 15) is 9.59 Å². The number of nitrogens with one attached hydrogen (secondary N) is 3. The number of anilines is 1. The van der Waals surface area contributed by atoms with E-state index in [2.05, 4.69) is 45.1 Å². The number of hydrogen-bond acceptors (Lipinski definition) is 4. The van der Waals surface area contributed by atoms with Crippen LogP contribution in [0.15, 0.2) is 42.5 Å². The lowest BCUT2D eigenvalue weighted by molar-refractivity contribution is 0.0963. The molecule has 0 bridgehead atoms. The average Bonchev–Trinajstić information content (AvgIpc) is 2.68. The number of carbonyl (C=O) groups excluding carboxylic acids is 2. The van der Waals surface area contributed by atoms with Crippen molar-refractivity contribution in [2.45, 2.75) is 13.0 Å². The number of urea groups is 1. The number of benzene rings is 2. The van der Waals surface area contributed by atoms with Gasteiger partial charge in [-0.25, -0.2) is 4.79 Å². The normalized spacial score (nSPS) is 11.6. The molecular formula is C21H28N4O3. The Labute approximate surface area is 166 Å². The fourth-order valence-corrected chi connectivity index (χ4v) is 2.83. The first kappa shape index (κ1) is 21.2. The summed E-state index contributed by atoms with van der Waals surface area (Å²) in [7, 11) is 7.01. The van der Waals surface area contributed by atoms with E-state index in [0.29, 0.717) is 23.5 Å². The van der Waals surface area contributed by atoms with Gasteiger partial charge in [0.2, 0.25) is 0 Å². The van der Waals surface area contributed by atoms with E-state index in [1.165, 1.54) is 12.7 Å². The predicted molar refractivity (Wildman–Crippen MR) is 111 cm³/mol. The van der Waals surface area contributed by atoms with Gasteiger partial charge >= 0.3 is 6.03 Å². The van der Waals surface area contributed by atoms with E-state index in [-0.39, 0.29) is 18.0 Å². The topological polar surface area (TPSA) is 82.7 Å². The third kappa shape index (κ3) is 5.47. The van der Waals surface area contributed by atoms with Crippen molar-refractivity contribution in [2.75, 3.05) is 40.1 Å². The minimum absolute atomic E-state index is 0.0328. The van der Waals surface area contributed by atoms with Crippen molar-refractivity contribution in [3.63, 3.8) is 0 Å². The number of hydrogen-bond donors (Lipinski definition) is 3. The summed E-state index contributed by atoms with van der Waals surface area (Å²) in [5.41, 5.74) is 3.17. The van der Waals surface area contributed by atoms with Crippen LogP contribution in [-0.4, -0.2) is 51.6 Å². The summed E-state index contributed by atoms with van der Waals surface area (Å²) in [6, 6.07) is 12.8. The van der Waals surface area contributed by atoms with Crippen molar-refractivity contribution in [2.24, 2.45) is 0 Å². The molecule has 2 aromatic carbocycles. The van der Waals surface area contributed by atoms with Crippen molar-refractivity contribution in [3.05, 3.63) is 59.2 Å². The Bertz CT molecular complexity index is 819. The minimum atomic E-state index is -0.369. The maximum Gasteiger partial charge on any atom is 0.319 e. The molecular weight excluding hydrogens is 356 g/mol. The van der Waals surface area contributed by atoms with E-state index < -0.39 is 0 Å². The van der Waals surface area contributed by atoms with E-state index in [4.69, 9.17) is 4.74 Å². The van der Waals surface area contributed by atoms with Crippen LogP contribution in [0.3, 0.4) is 0 Å². The zero-order chi connectivity index (χ0) is 20.7. The van der Waals surface area contributed by atoms with Gasteiger partial charge < -0.3 is 25.6 Å². The van der Waals surface area contributed by atoms with Crippen LogP contribution in [0, 0.1) is 6.92 Å². The van der Waals surface area contributed by atoms with Crippen molar-refractivity contribution >= 4 is 17.6 Å². The molecule has 2 aromatic rings. The first-order chi connectivity index (χ1) is 13.3. The van der Waals surface area contributed by atoms with Gasteiger partial charge in [0.05, 0.1) is 18.8 Å². The molecule has 3 amide bonds. The summed E-state index contributed by atoms with van der Waals surface area (Å²) in [6.45, 7) is 2.47. The molecule has 0 aliphatic rings. The second-order valence-corrected chi connectivity index (χ2v) is 6.72. The Kier molecular flexibility index (Phi) is 7.40. The maximum atomic E-state index is 12.4. The van der Waals surface area contributed by atoms with Crippen molar-refractivity contribution in [1.82, 2.24) is 15.5 Å². The molecule has 0 radical (unpaired) electrons. The number of carbonyl (C=O) groups is 2. The summed E-state index contributed by atoms with van der Waals surface area (Å²) in [5.74, 6) is 0.239. The Morgan fingerprint density at radius 1 is 1.11 bits per heavy atom. The van der Waals surface area contributed by atoms with E-state index in [1.807, 2.05) is 21.0 Å². The van der Waals surface area contributed by atoms with Crippen LogP contribution in [0.25, 0.3) is 0 Å². The van der Waals surface area contributed by atoms with Gasteiger partial charge in [-0.05, 0) is 44.8 Å². The molecule has 0 aromatic heterocycles. The molecule has 28 heavy (non-hydrogen) atoms. The molecule has 0 aliphatic heterocycles. The fourth-order valence-electron chi connectivity index (χ4n) is 2.83. The summed E-state index contributed by atoms with van der Waals surface area (Å²) in [5, 5.41) is 8.21. The van der Waals surface area contributed by atoms with Gasteiger partial charge in [0.15, 0.2) is 0 Å². The van der Waals surface area contributed by atoms with Gasteiger partial charge in [-0.2, -0.15) is 0 Å². The van der Waals surface area contributed by atoms with Gasteiger partial charge in [-0.1, -0.05) is 29.8 Å². The van der Waals surface area contributed by atoms with Crippen LogP contribution in [0.2, 0.25) is 0 Å². The number of likely N-dealkylation sites (N-methyl/N-ethyl adjacent to an activating group) is 1. The highest BCUT2D eigenvalue weighted by atomic mass is 16.5. The summed E-state index contributed by atoms with van der Waals surface area (Å²) in [4.78, 5) is 26.3. The van der Waals surface area contributed by atoms with E-state index in [1.54, 1.807) is 25.2 Å². The van der Waals surface area contributed by atoms with Crippen LogP contribution in [0.4, 0.5) is 10.5 Å². The van der Waals surface area contributed by atoms with Crippen LogP contribution in [0.5, 0.6) is 5.75 Å². The zero-order valence-corrected chi connectivity index (χ0v) is 17.0. The molecule has 2 rings (SSSR count). The van der Waals surface area contributed by atoms with Gasteiger partial charge in [0.25, 0.3) is 5.91 Å². The van der Waals surface area contributed by atoms with Crippen molar-refractivity contribution < 1.29 is 14.3 Å². The molecule has 0 aliphatic carbocycles. The highest BCUT2D eigenvalue weighted by Gasteiger charge is 2.16. The SMILES string of the molecule is CNC(=O)c1ccc(OC)c(NC(=O)NCC(c2ccc(C)cc2)N(C)C)c1. The first-order valence-electron chi connectivity index (χ1n) is 9.03. The highest BCUT2D eigenvalue weighted by Crippen LogP contribution is 2.25. The van der Waals surface area contributed by atoms with Gasteiger partial charge in [-0.15, -0.1) is 0 Å². The van der Waals surface area contributed by atoms with Gasteiger partial charge in [0, 0.05) is 19.2 Å². The Morgan fingerprint density at radius 2 is 1.79 bits per heavy atom. The summed E-state index contributed by atoms with van der Waals surface area (Å²) in [6.07, 6.45) is 0. The second kappa shape index (κ2) is 9.75. The molecule has 0 spiro atoms. The Morgan fingerprint density at radius 3 is 2.36 bits per heavy atom. The number of nitrogens with zero attached hydrogens (tertiary/aromatic N) is 1. The quantitative estimate of drug-likeness (QED) is 0.686. The Hall–Kier alpha value is -3.06. The van der Waals surface area contributed by atoms with Crippen LogP contribution in [0.1, 0.15) is 27.5 Å². The molecule has 7 nitrogen and oxygen atoms in total. The lowest BCUT2D eigenvalue weighted by atomic mass is 10.0. The molecule has 1 atom stereocenters. The third-order valence-electron chi connectivity index (χ3n) is 4.48. The third-order valence-corrected chi connectivity index (χ3v) is 4.48. The molecule has 0 saturated carbocycles. The average molecular weight is 384 g/mol. The molecule has 0 heterocycles. The number of aryl methyl sites for hydroxylation is 1. The standard InChI is InChI=1S/C21H28N4O3/c1-14-6-8-15(9-7-14)18(25(3)4)13-23-21(27)24-17-12-16(20(26)22-2)10-11-19(17)28-5/h6-12,18H,13H2,1-5H3,(H,22,26)(H2,23,24,27). The summed E-state index contributed by atoms with van der Waals surface area (Å²) < 4.78 is 5.28. The van der Waals surface area contributed by atoms with E-state index in [0.717, 1.165) is 5.56 Å². The smallest absolute Gasteiger partial charge is 0.319 e. The number of amides is 3. The second-order valence-electron chi connectivity index (χ2n) is 6.72. The van der Waals surface area contributed by atoms with Gasteiger partial charge in [-0.3, -0.25) is 4.79 Å². The molecule has 0 fully saturated rings. The van der Waals surface area contributed by atoms with Crippen molar-refractivity contribution in [3.8, 4) is 5.75 Å². The van der Waals surface area contributed by atoms with Crippen LogP contribution >= 0.6 is 0 Å². The highest BCUT2D eigenvalue weighted by molar-refractivity contribution is 5.97. The molecule has 1 unspecified atom stereocenters. The fraction of sp³-hybridized carbons (Fsp3) is 0.333. The Balaban J connectivity index is 2.08. The minimum Gasteiger partial charge on any atom is -0.495 e. The van der Waals surface area contributed by atoms with Crippen molar-refractivity contribution in [1.29, 1.82) is 0 Å². The number of methoxy groups -OCH3 is 1.